The van der Waals surface area contributed by atoms with Crippen LogP contribution in [-0.4, -0.2) is 5.11 Å². The van der Waals surface area contributed by atoms with Crippen LogP contribution >= 0.6 is 0 Å². The molecule has 1 aromatic rings. The first-order valence-corrected chi connectivity index (χ1v) is 4.44. The van der Waals surface area contributed by atoms with Crippen LogP contribution in [0.4, 0.5) is 0 Å². The quantitative estimate of drug-likeness (QED) is 0.723. The Morgan fingerprint density at radius 1 is 1.25 bits per heavy atom. The zero-order valence-corrected chi connectivity index (χ0v) is 7.46. The molecule has 1 nitrogen and oxygen atoms in total. The molecule has 0 amide bonds. The maximum absolute atomic E-state index is 9.57. The average molecular weight is 163 g/mol. The van der Waals surface area contributed by atoms with Crippen LogP contribution in [0.2, 0.25) is 0 Å². The second-order valence-electron chi connectivity index (χ2n) is 2.92. The zero-order valence-electron chi connectivity index (χ0n) is 7.46. The van der Waals surface area contributed by atoms with Crippen LogP contribution in [0.5, 0.6) is 0 Å². The summed E-state index contributed by atoms with van der Waals surface area (Å²) in [5, 5.41) is 9.57. The van der Waals surface area contributed by atoms with E-state index in [-0.39, 0.29) is 0 Å². The van der Waals surface area contributed by atoms with E-state index in [0.717, 1.165) is 24.8 Å². The van der Waals surface area contributed by atoms with Gasteiger partial charge in [0.15, 0.2) is 0 Å². The van der Waals surface area contributed by atoms with E-state index < -0.39 is 0 Å². The van der Waals surface area contributed by atoms with Gasteiger partial charge in [0.05, 0.1) is 0 Å². The van der Waals surface area contributed by atoms with Crippen molar-refractivity contribution in [1.82, 2.24) is 0 Å². The molecule has 0 aliphatic carbocycles. The molecule has 0 fully saturated rings. The zero-order chi connectivity index (χ0) is 8.81. The van der Waals surface area contributed by atoms with Crippen molar-refractivity contribution < 1.29 is 5.11 Å². The molecule has 1 rings (SSSR count). The SMILES string of the molecule is CCCC[C](O)c1ccccc1. The summed E-state index contributed by atoms with van der Waals surface area (Å²) in [7, 11) is 0. The van der Waals surface area contributed by atoms with E-state index in [0.29, 0.717) is 6.10 Å². The van der Waals surface area contributed by atoms with E-state index in [1.807, 2.05) is 30.3 Å². The van der Waals surface area contributed by atoms with Gasteiger partial charge in [-0.2, -0.15) is 0 Å². The molecule has 0 saturated heterocycles. The molecule has 0 aliphatic rings. The normalized spacial score (nSPS) is 10.6. The molecule has 65 valence electrons. The summed E-state index contributed by atoms with van der Waals surface area (Å²) in [6.07, 6.45) is 3.48. The van der Waals surface area contributed by atoms with Crippen molar-refractivity contribution in [1.29, 1.82) is 0 Å². The number of benzene rings is 1. The fourth-order valence-electron chi connectivity index (χ4n) is 1.12. The lowest BCUT2D eigenvalue weighted by molar-refractivity contribution is 0.308. The second-order valence-corrected chi connectivity index (χ2v) is 2.92. The number of aliphatic hydroxyl groups is 1. The predicted octanol–water partition coefficient (Wildman–Crippen LogP) is 3.13. The predicted molar refractivity (Wildman–Crippen MR) is 50.2 cm³/mol. The van der Waals surface area contributed by atoms with Gasteiger partial charge >= 0.3 is 0 Å². The molecule has 0 atom stereocenters. The maximum Gasteiger partial charge on any atom is 0.122 e. The van der Waals surface area contributed by atoms with E-state index in [4.69, 9.17) is 0 Å². The van der Waals surface area contributed by atoms with Gasteiger partial charge in [0.25, 0.3) is 0 Å². The first kappa shape index (κ1) is 9.27. The van der Waals surface area contributed by atoms with Crippen LogP contribution in [0.3, 0.4) is 0 Å². The summed E-state index contributed by atoms with van der Waals surface area (Å²) in [5.74, 6) is 0. The Hall–Kier alpha value is -0.820. The van der Waals surface area contributed by atoms with Gasteiger partial charge in [0.2, 0.25) is 0 Å². The summed E-state index contributed by atoms with van der Waals surface area (Å²) in [6, 6.07) is 9.71. The molecule has 0 aromatic heterocycles. The molecular weight excluding hydrogens is 148 g/mol. The highest BCUT2D eigenvalue weighted by Gasteiger charge is 2.05. The highest BCUT2D eigenvalue weighted by atomic mass is 16.3. The fraction of sp³-hybridized carbons (Fsp3) is 0.364. The topological polar surface area (TPSA) is 20.2 Å². The number of aliphatic hydroxyl groups excluding tert-OH is 1. The summed E-state index contributed by atoms with van der Waals surface area (Å²) in [4.78, 5) is 0. The van der Waals surface area contributed by atoms with Gasteiger partial charge in [-0.05, 0) is 12.0 Å². The molecule has 0 saturated carbocycles. The molecule has 0 aliphatic heterocycles. The van der Waals surface area contributed by atoms with Gasteiger partial charge in [0, 0.05) is 0 Å². The monoisotopic (exact) mass is 163 g/mol. The van der Waals surface area contributed by atoms with Crippen molar-refractivity contribution in [3.63, 3.8) is 0 Å². The van der Waals surface area contributed by atoms with E-state index in [1.165, 1.54) is 0 Å². The molecule has 1 N–H and O–H groups in total. The lowest BCUT2D eigenvalue weighted by Gasteiger charge is -2.07. The Kier molecular flexibility index (Phi) is 3.81. The third-order valence-corrected chi connectivity index (χ3v) is 1.87. The summed E-state index contributed by atoms with van der Waals surface area (Å²) in [5.41, 5.74) is 0.950. The molecule has 1 radical (unpaired) electrons. The first-order chi connectivity index (χ1) is 5.84. The van der Waals surface area contributed by atoms with Crippen LogP contribution in [-0.2, 0) is 0 Å². The molecule has 1 heteroatoms. The van der Waals surface area contributed by atoms with Crippen molar-refractivity contribution >= 4 is 0 Å². The Bertz CT molecular complexity index is 206. The molecular formula is C11H15O. The number of hydrogen-bond donors (Lipinski definition) is 1. The average Bonchev–Trinajstić information content (AvgIpc) is 2.15. The minimum atomic E-state index is 0.512. The maximum atomic E-state index is 9.57. The standard InChI is InChI=1S/C11H15O/c1-2-3-9-11(12)10-7-5-4-6-8-10/h4-8,12H,2-3,9H2,1H3. The van der Waals surface area contributed by atoms with Gasteiger partial charge in [-0.1, -0.05) is 50.1 Å². The summed E-state index contributed by atoms with van der Waals surface area (Å²) >= 11 is 0. The van der Waals surface area contributed by atoms with Crippen molar-refractivity contribution in [2.24, 2.45) is 0 Å². The van der Waals surface area contributed by atoms with Crippen LogP contribution in [0.1, 0.15) is 31.7 Å². The minimum absolute atomic E-state index is 0.512. The van der Waals surface area contributed by atoms with Crippen LogP contribution < -0.4 is 0 Å². The van der Waals surface area contributed by atoms with Crippen LogP contribution in [0.15, 0.2) is 30.3 Å². The van der Waals surface area contributed by atoms with Gasteiger partial charge in [0.1, 0.15) is 6.10 Å². The third-order valence-electron chi connectivity index (χ3n) is 1.87. The first-order valence-electron chi connectivity index (χ1n) is 4.44. The minimum Gasteiger partial charge on any atom is -0.382 e. The number of hydrogen-bond acceptors (Lipinski definition) is 1. The lowest BCUT2D eigenvalue weighted by Crippen LogP contribution is -1.97. The Morgan fingerprint density at radius 3 is 2.50 bits per heavy atom. The van der Waals surface area contributed by atoms with Gasteiger partial charge in [-0.25, -0.2) is 0 Å². The Balaban J connectivity index is 2.48. The van der Waals surface area contributed by atoms with Crippen molar-refractivity contribution in [3.05, 3.63) is 42.0 Å². The molecule has 1 aromatic carbocycles. The van der Waals surface area contributed by atoms with Gasteiger partial charge < -0.3 is 5.11 Å². The van der Waals surface area contributed by atoms with Gasteiger partial charge in [-0.3, -0.25) is 0 Å². The smallest absolute Gasteiger partial charge is 0.122 e. The largest absolute Gasteiger partial charge is 0.382 e. The van der Waals surface area contributed by atoms with Crippen molar-refractivity contribution in [2.45, 2.75) is 26.2 Å². The van der Waals surface area contributed by atoms with Crippen molar-refractivity contribution in [3.8, 4) is 0 Å². The molecule has 12 heavy (non-hydrogen) atoms. The van der Waals surface area contributed by atoms with E-state index in [2.05, 4.69) is 6.92 Å². The highest BCUT2D eigenvalue weighted by molar-refractivity contribution is 5.25. The molecule has 0 bridgehead atoms. The Labute approximate surface area is 74.1 Å². The summed E-state index contributed by atoms with van der Waals surface area (Å²) < 4.78 is 0. The number of unbranched alkanes of at least 4 members (excludes halogenated alkanes) is 1. The number of rotatable bonds is 4. The van der Waals surface area contributed by atoms with E-state index in [9.17, 15) is 5.11 Å². The van der Waals surface area contributed by atoms with E-state index in [1.54, 1.807) is 0 Å². The molecule has 0 unspecified atom stereocenters. The van der Waals surface area contributed by atoms with Crippen molar-refractivity contribution in [2.75, 3.05) is 0 Å². The third kappa shape index (κ3) is 2.67. The fourth-order valence-corrected chi connectivity index (χ4v) is 1.12. The van der Waals surface area contributed by atoms with Crippen LogP contribution in [0.25, 0.3) is 0 Å². The van der Waals surface area contributed by atoms with Crippen LogP contribution in [0, 0.1) is 6.10 Å². The molecule has 0 spiro atoms. The lowest BCUT2D eigenvalue weighted by atomic mass is 10.0. The summed E-state index contributed by atoms with van der Waals surface area (Å²) in [6.45, 7) is 2.12. The highest BCUT2D eigenvalue weighted by Crippen LogP contribution is 2.16. The second kappa shape index (κ2) is 4.94. The van der Waals surface area contributed by atoms with E-state index >= 15 is 0 Å². The van der Waals surface area contributed by atoms with Gasteiger partial charge in [-0.15, -0.1) is 0 Å². The molecule has 0 heterocycles. The Morgan fingerprint density at radius 2 is 1.92 bits per heavy atom.